The number of nitrogens with one attached hydrogen (secondary N) is 2. The average molecular weight is 281 g/mol. The molecule has 2 rings (SSSR count). The molecule has 0 fully saturated rings. The van der Waals surface area contributed by atoms with Crippen LogP contribution in [-0.4, -0.2) is 33.2 Å². The Morgan fingerprint density at radius 2 is 2.22 bits per heavy atom. The summed E-state index contributed by atoms with van der Waals surface area (Å²) in [4.78, 5) is 26.5. The van der Waals surface area contributed by atoms with E-state index in [1.54, 1.807) is 13.1 Å². The van der Waals surface area contributed by atoms with E-state index in [2.05, 4.69) is 25.3 Å². The molecule has 18 heavy (non-hydrogen) atoms. The predicted octanol–water partition coefficient (Wildman–Crippen LogP) is 1.47. The standard InChI is InChI=1S/C10H11N5OS2/c1-11-6-5-8(15-10(13-6)17-2)18-9-12-4-3-7(16)14-9/h3-5H,1-2H3,(H,11,13,15)(H,12,14,16). The van der Waals surface area contributed by atoms with Crippen molar-refractivity contribution >= 4 is 29.3 Å². The molecule has 0 saturated carbocycles. The van der Waals surface area contributed by atoms with Gasteiger partial charge in [0.25, 0.3) is 5.56 Å². The molecule has 2 aromatic heterocycles. The average Bonchev–Trinajstić information content (AvgIpc) is 2.38. The summed E-state index contributed by atoms with van der Waals surface area (Å²) in [5.74, 6) is 0.732. The maximum Gasteiger partial charge on any atom is 0.251 e. The highest BCUT2D eigenvalue weighted by molar-refractivity contribution is 7.99. The van der Waals surface area contributed by atoms with Crippen LogP contribution in [0.5, 0.6) is 0 Å². The zero-order valence-electron chi connectivity index (χ0n) is 9.80. The van der Waals surface area contributed by atoms with Crippen molar-refractivity contribution in [2.75, 3.05) is 18.6 Å². The molecule has 0 aliphatic carbocycles. The molecule has 0 spiro atoms. The number of hydrogen-bond donors (Lipinski definition) is 2. The van der Waals surface area contributed by atoms with Crippen molar-refractivity contribution in [1.29, 1.82) is 0 Å². The highest BCUT2D eigenvalue weighted by Gasteiger charge is 2.06. The van der Waals surface area contributed by atoms with Crippen molar-refractivity contribution in [3.8, 4) is 0 Å². The Hall–Kier alpha value is -1.54. The first-order valence-electron chi connectivity index (χ1n) is 5.05. The van der Waals surface area contributed by atoms with Gasteiger partial charge in [-0.05, 0) is 18.0 Å². The highest BCUT2D eigenvalue weighted by atomic mass is 32.2. The SMILES string of the molecule is CNc1cc(Sc2nccc(=O)[nH]2)nc(SC)n1. The van der Waals surface area contributed by atoms with Crippen LogP contribution in [0.2, 0.25) is 0 Å². The minimum absolute atomic E-state index is 0.180. The molecule has 0 atom stereocenters. The van der Waals surface area contributed by atoms with Gasteiger partial charge >= 0.3 is 0 Å². The minimum atomic E-state index is -0.180. The third-order valence-electron chi connectivity index (χ3n) is 1.97. The fraction of sp³-hybridized carbons (Fsp3) is 0.200. The zero-order chi connectivity index (χ0) is 13.0. The van der Waals surface area contributed by atoms with Crippen LogP contribution in [0.4, 0.5) is 5.82 Å². The number of rotatable bonds is 4. The van der Waals surface area contributed by atoms with E-state index in [1.807, 2.05) is 6.26 Å². The normalized spacial score (nSPS) is 10.3. The van der Waals surface area contributed by atoms with Crippen molar-refractivity contribution in [3.63, 3.8) is 0 Å². The quantitative estimate of drug-likeness (QED) is 0.499. The summed E-state index contributed by atoms with van der Waals surface area (Å²) in [7, 11) is 1.80. The molecule has 0 aliphatic heterocycles. The van der Waals surface area contributed by atoms with Crippen LogP contribution in [0.15, 0.2) is 38.5 Å². The number of anilines is 1. The number of nitrogens with zero attached hydrogens (tertiary/aromatic N) is 3. The first-order chi connectivity index (χ1) is 8.71. The van der Waals surface area contributed by atoms with Crippen molar-refractivity contribution < 1.29 is 0 Å². The lowest BCUT2D eigenvalue weighted by Crippen LogP contribution is -2.05. The number of aromatic amines is 1. The van der Waals surface area contributed by atoms with Gasteiger partial charge in [-0.2, -0.15) is 0 Å². The van der Waals surface area contributed by atoms with Crippen LogP contribution in [0.3, 0.4) is 0 Å². The summed E-state index contributed by atoms with van der Waals surface area (Å²) in [6.45, 7) is 0. The van der Waals surface area contributed by atoms with E-state index in [0.29, 0.717) is 10.3 Å². The molecule has 2 heterocycles. The molecule has 2 N–H and O–H groups in total. The Bertz CT molecular complexity index is 579. The molecule has 2 aromatic rings. The summed E-state index contributed by atoms with van der Waals surface area (Å²) in [6.07, 6.45) is 3.38. The third kappa shape index (κ3) is 3.23. The van der Waals surface area contributed by atoms with Gasteiger partial charge in [0.05, 0.1) is 0 Å². The lowest BCUT2D eigenvalue weighted by molar-refractivity contribution is 0.883. The van der Waals surface area contributed by atoms with Gasteiger partial charge in [0.2, 0.25) is 0 Å². The van der Waals surface area contributed by atoms with Gasteiger partial charge in [0.1, 0.15) is 10.8 Å². The molecule has 94 valence electrons. The molecule has 0 saturated heterocycles. The number of thioether (sulfide) groups is 1. The van der Waals surface area contributed by atoms with E-state index in [-0.39, 0.29) is 5.56 Å². The van der Waals surface area contributed by atoms with Crippen LogP contribution in [-0.2, 0) is 0 Å². The number of aromatic nitrogens is 4. The van der Waals surface area contributed by atoms with Crippen LogP contribution >= 0.6 is 23.5 Å². The van der Waals surface area contributed by atoms with Gasteiger partial charge in [0, 0.05) is 25.4 Å². The van der Waals surface area contributed by atoms with E-state index in [0.717, 1.165) is 10.8 Å². The van der Waals surface area contributed by atoms with Gasteiger partial charge in [-0.25, -0.2) is 15.0 Å². The monoisotopic (exact) mass is 281 g/mol. The van der Waals surface area contributed by atoms with Gasteiger partial charge < -0.3 is 10.3 Å². The second-order valence-corrected chi connectivity index (χ2v) is 4.95. The van der Waals surface area contributed by atoms with E-state index < -0.39 is 0 Å². The molecular weight excluding hydrogens is 270 g/mol. The fourth-order valence-corrected chi connectivity index (χ4v) is 2.38. The second-order valence-electron chi connectivity index (χ2n) is 3.17. The smallest absolute Gasteiger partial charge is 0.251 e. The van der Waals surface area contributed by atoms with Crippen LogP contribution < -0.4 is 10.9 Å². The summed E-state index contributed by atoms with van der Waals surface area (Å²) < 4.78 is 0. The third-order valence-corrected chi connectivity index (χ3v) is 3.34. The Kier molecular flexibility index (Phi) is 4.21. The molecule has 8 heteroatoms. The van der Waals surface area contributed by atoms with E-state index in [4.69, 9.17) is 0 Å². The summed E-state index contributed by atoms with van der Waals surface area (Å²) in [5.41, 5.74) is -0.180. The number of hydrogen-bond acceptors (Lipinski definition) is 7. The Labute approximate surface area is 112 Å². The van der Waals surface area contributed by atoms with E-state index in [1.165, 1.54) is 35.8 Å². The summed E-state index contributed by atoms with van der Waals surface area (Å²) >= 11 is 2.75. The minimum Gasteiger partial charge on any atom is -0.373 e. The lowest BCUT2D eigenvalue weighted by Gasteiger charge is -2.05. The Morgan fingerprint density at radius 3 is 2.89 bits per heavy atom. The largest absolute Gasteiger partial charge is 0.373 e. The molecule has 6 nitrogen and oxygen atoms in total. The molecular formula is C10H11N5OS2. The van der Waals surface area contributed by atoms with Crippen molar-refractivity contribution in [2.45, 2.75) is 15.3 Å². The summed E-state index contributed by atoms with van der Waals surface area (Å²) in [6, 6.07) is 3.17. The van der Waals surface area contributed by atoms with Gasteiger partial charge in [-0.1, -0.05) is 11.8 Å². The lowest BCUT2D eigenvalue weighted by atomic mass is 10.6. The molecule has 0 aliphatic rings. The van der Waals surface area contributed by atoms with Crippen LogP contribution in [0.1, 0.15) is 0 Å². The van der Waals surface area contributed by atoms with Gasteiger partial charge in [-0.3, -0.25) is 4.79 Å². The van der Waals surface area contributed by atoms with Crippen molar-refractivity contribution in [2.24, 2.45) is 0 Å². The maximum absolute atomic E-state index is 11.2. The van der Waals surface area contributed by atoms with Crippen molar-refractivity contribution in [3.05, 3.63) is 28.7 Å². The topological polar surface area (TPSA) is 83.6 Å². The highest BCUT2D eigenvalue weighted by Crippen LogP contribution is 2.25. The first kappa shape index (κ1) is 12.9. The first-order valence-corrected chi connectivity index (χ1v) is 7.09. The van der Waals surface area contributed by atoms with Gasteiger partial charge in [-0.15, -0.1) is 0 Å². The molecule has 0 radical (unpaired) electrons. The Morgan fingerprint density at radius 1 is 1.39 bits per heavy atom. The van der Waals surface area contributed by atoms with Crippen LogP contribution in [0, 0.1) is 0 Å². The molecule has 0 aromatic carbocycles. The van der Waals surface area contributed by atoms with E-state index in [9.17, 15) is 4.79 Å². The predicted molar refractivity (Wildman–Crippen MR) is 72.3 cm³/mol. The molecule has 0 amide bonds. The molecule has 0 bridgehead atoms. The van der Waals surface area contributed by atoms with Crippen molar-refractivity contribution in [1.82, 2.24) is 19.9 Å². The van der Waals surface area contributed by atoms with Crippen LogP contribution in [0.25, 0.3) is 0 Å². The second kappa shape index (κ2) is 5.87. The zero-order valence-corrected chi connectivity index (χ0v) is 11.4. The Balaban J connectivity index is 2.30. The maximum atomic E-state index is 11.2. The summed E-state index contributed by atoms with van der Waals surface area (Å²) in [5, 5.41) is 4.88. The van der Waals surface area contributed by atoms with Gasteiger partial charge in [0.15, 0.2) is 10.3 Å². The van der Waals surface area contributed by atoms with E-state index >= 15 is 0 Å². The number of H-pyrrole nitrogens is 1. The molecule has 0 unspecified atom stereocenters. The fourth-order valence-electron chi connectivity index (χ4n) is 1.18.